The highest BCUT2D eigenvalue weighted by Crippen LogP contribution is 2.34. The second-order valence-electron chi connectivity index (χ2n) is 4.40. The fraction of sp³-hybridized carbons (Fsp3) is 0.667. The number of rotatable bonds is 0. The van der Waals surface area contributed by atoms with E-state index in [0.717, 1.165) is 0 Å². The lowest BCUT2D eigenvalue weighted by atomic mass is 10.2. The van der Waals surface area contributed by atoms with E-state index < -0.39 is 13.3 Å². The van der Waals surface area contributed by atoms with E-state index in [4.69, 9.17) is 11.6 Å². The maximum absolute atomic E-state index is 10.4. The van der Waals surface area contributed by atoms with Crippen LogP contribution >= 0.6 is 11.6 Å². The van der Waals surface area contributed by atoms with E-state index in [0.29, 0.717) is 0 Å². The SMILES string of the molecule is CC(C)(C)[Si](C)(C)C#CC(=O)Cl. The Morgan fingerprint density at radius 1 is 1.33 bits per heavy atom. The van der Waals surface area contributed by atoms with Crippen LogP contribution in [-0.2, 0) is 4.79 Å². The van der Waals surface area contributed by atoms with Gasteiger partial charge in [-0.25, -0.2) is 0 Å². The van der Waals surface area contributed by atoms with Crippen molar-refractivity contribution < 1.29 is 4.79 Å². The molecule has 0 aromatic heterocycles. The molecule has 0 amide bonds. The average Bonchev–Trinajstić information content (AvgIpc) is 1.81. The van der Waals surface area contributed by atoms with Gasteiger partial charge in [-0.05, 0) is 22.6 Å². The summed E-state index contributed by atoms with van der Waals surface area (Å²) in [4.78, 5) is 10.4. The van der Waals surface area contributed by atoms with Crippen LogP contribution in [-0.4, -0.2) is 13.3 Å². The van der Waals surface area contributed by atoms with Crippen LogP contribution in [0.5, 0.6) is 0 Å². The number of halogens is 1. The van der Waals surface area contributed by atoms with Crippen molar-refractivity contribution in [1.29, 1.82) is 0 Å². The quantitative estimate of drug-likeness (QED) is 0.336. The van der Waals surface area contributed by atoms with E-state index in [1.165, 1.54) is 0 Å². The molecule has 0 rings (SSSR count). The predicted molar refractivity (Wildman–Crippen MR) is 55.8 cm³/mol. The molecule has 68 valence electrons. The van der Waals surface area contributed by atoms with Crippen LogP contribution in [0.15, 0.2) is 0 Å². The third-order valence-corrected chi connectivity index (χ3v) is 6.94. The van der Waals surface area contributed by atoms with Crippen LogP contribution in [0.4, 0.5) is 0 Å². The fourth-order valence-electron chi connectivity index (χ4n) is 0.393. The number of carbonyl (C=O) groups excluding carboxylic acids is 1. The van der Waals surface area contributed by atoms with Crippen molar-refractivity contribution in [2.24, 2.45) is 0 Å². The summed E-state index contributed by atoms with van der Waals surface area (Å²) in [5.74, 6) is 2.43. The Morgan fingerprint density at radius 2 is 1.75 bits per heavy atom. The van der Waals surface area contributed by atoms with Crippen molar-refractivity contribution in [3.05, 3.63) is 0 Å². The third-order valence-electron chi connectivity index (χ3n) is 2.35. The van der Waals surface area contributed by atoms with Gasteiger partial charge in [0.05, 0.1) is 0 Å². The molecule has 0 aromatic carbocycles. The second kappa shape index (κ2) is 3.63. The van der Waals surface area contributed by atoms with E-state index >= 15 is 0 Å². The van der Waals surface area contributed by atoms with E-state index in [9.17, 15) is 4.79 Å². The summed E-state index contributed by atoms with van der Waals surface area (Å²) in [6, 6.07) is 0. The molecule has 0 aliphatic rings. The first kappa shape index (κ1) is 11.7. The minimum atomic E-state index is -1.63. The van der Waals surface area contributed by atoms with Gasteiger partial charge in [-0.2, -0.15) is 0 Å². The lowest BCUT2D eigenvalue weighted by molar-refractivity contribution is -0.106. The number of hydrogen-bond donors (Lipinski definition) is 0. The highest BCUT2D eigenvalue weighted by molar-refractivity contribution is 6.88. The van der Waals surface area contributed by atoms with Crippen molar-refractivity contribution >= 4 is 24.9 Å². The van der Waals surface area contributed by atoms with E-state index in [-0.39, 0.29) is 5.04 Å². The molecule has 0 spiro atoms. The van der Waals surface area contributed by atoms with Gasteiger partial charge in [-0.1, -0.05) is 33.9 Å². The first-order valence-corrected chi connectivity index (χ1v) is 7.27. The van der Waals surface area contributed by atoms with Gasteiger partial charge in [0.2, 0.25) is 0 Å². The highest BCUT2D eigenvalue weighted by Gasteiger charge is 2.33. The fourth-order valence-corrected chi connectivity index (χ4v) is 1.32. The normalized spacial score (nSPS) is 11.8. The standard InChI is InChI=1S/C9H15ClOSi/c1-9(2,3)12(4,5)7-6-8(10)11/h1-5H3. The van der Waals surface area contributed by atoms with Crippen LogP contribution in [0, 0.1) is 11.5 Å². The molecule has 0 saturated heterocycles. The lowest BCUT2D eigenvalue weighted by Gasteiger charge is -2.31. The second-order valence-corrected chi connectivity index (χ2v) is 9.74. The molecule has 0 saturated carbocycles. The molecule has 0 aromatic rings. The van der Waals surface area contributed by atoms with Crippen molar-refractivity contribution in [3.63, 3.8) is 0 Å². The molecule has 3 heteroatoms. The summed E-state index contributed by atoms with van der Waals surface area (Å²) in [7, 11) is -1.63. The Kier molecular flexibility index (Phi) is 3.55. The summed E-state index contributed by atoms with van der Waals surface area (Å²) in [6.07, 6.45) is 0. The van der Waals surface area contributed by atoms with Crippen molar-refractivity contribution in [2.45, 2.75) is 38.9 Å². The Balaban J connectivity index is 4.69. The van der Waals surface area contributed by atoms with Gasteiger partial charge < -0.3 is 0 Å². The molecular formula is C9H15ClOSi. The van der Waals surface area contributed by atoms with Gasteiger partial charge in [0.15, 0.2) is 0 Å². The van der Waals surface area contributed by atoms with Crippen LogP contribution in [0.1, 0.15) is 20.8 Å². The molecule has 0 aliphatic heterocycles. The number of carbonyl (C=O) groups is 1. The Bertz CT molecular complexity index is 239. The molecule has 0 bridgehead atoms. The monoisotopic (exact) mass is 202 g/mol. The minimum Gasteiger partial charge on any atom is -0.266 e. The maximum Gasteiger partial charge on any atom is 0.295 e. The zero-order chi connectivity index (χ0) is 9.99. The first-order chi connectivity index (χ1) is 5.17. The van der Waals surface area contributed by atoms with Crippen LogP contribution in [0.2, 0.25) is 18.1 Å². The zero-order valence-electron chi connectivity index (χ0n) is 8.29. The van der Waals surface area contributed by atoms with Gasteiger partial charge in [-0.15, -0.1) is 5.54 Å². The van der Waals surface area contributed by atoms with E-state index in [1.807, 2.05) is 0 Å². The molecule has 0 unspecified atom stereocenters. The van der Waals surface area contributed by atoms with E-state index in [1.54, 1.807) is 0 Å². The van der Waals surface area contributed by atoms with Gasteiger partial charge in [0, 0.05) is 0 Å². The molecule has 0 aliphatic carbocycles. The molecular weight excluding hydrogens is 188 g/mol. The Labute approximate surface area is 80.5 Å². The van der Waals surface area contributed by atoms with Gasteiger partial charge in [0.1, 0.15) is 8.07 Å². The predicted octanol–water partition coefficient (Wildman–Crippen LogP) is 2.80. The van der Waals surface area contributed by atoms with Gasteiger partial charge in [0.25, 0.3) is 5.24 Å². The van der Waals surface area contributed by atoms with Crippen LogP contribution < -0.4 is 0 Å². The largest absolute Gasteiger partial charge is 0.295 e. The molecule has 0 heterocycles. The first-order valence-electron chi connectivity index (χ1n) is 3.89. The molecule has 0 atom stereocenters. The van der Waals surface area contributed by atoms with Crippen molar-refractivity contribution in [3.8, 4) is 11.5 Å². The Hall–Kier alpha value is -0.263. The van der Waals surface area contributed by atoms with Crippen molar-refractivity contribution in [2.75, 3.05) is 0 Å². The lowest BCUT2D eigenvalue weighted by Crippen LogP contribution is -2.35. The topological polar surface area (TPSA) is 17.1 Å². The minimum absolute atomic E-state index is 0.187. The summed E-state index contributed by atoms with van der Waals surface area (Å²) in [5.41, 5.74) is 3.01. The highest BCUT2D eigenvalue weighted by atomic mass is 35.5. The summed E-state index contributed by atoms with van der Waals surface area (Å²) in [5, 5.41) is -0.369. The summed E-state index contributed by atoms with van der Waals surface area (Å²) in [6.45, 7) is 10.7. The van der Waals surface area contributed by atoms with Crippen molar-refractivity contribution in [1.82, 2.24) is 0 Å². The molecule has 0 fully saturated rings. The maximum atomic E-state index is 10.4. The molecule has 1 nitrogen and oxygen atoms in total. The average molecular weight is 203 g/mol. The van der Waals surface area contributed by atoms with Gasteiger partial charge in [-0.3, -0.25) is 4.79 Å². The van der Waals surface area contributed by atoms with Crippen LogP contribution in [0.3, 0.4) is 0 Å². The Morgan fingerprint density at radius 3 is 2.00 bits per heavy atom. The molecule has 0 N–H and O–H groups in total. The number of hydrogen-bond acceptors (Lipinski definition) is 1. The van der Waals surface area contributed by atoms with Gasteiger partial charge >= 0.3 is 0 Å². The summed E-state index contributed by atoms with van der Waals surface area (Å²) >= 11 is 5.14. The third kappa shape index (κ3) is 3.42. The summed E-state index contributed by atoms with van der Waals surface area (Å²) < 4.78 is 0. The van der Waals surface area contributed by atoms with Crippen LogP contribution in [0.25, 0.3) is 0 Å². The smallest absolute Gasteiger partial charge is 0.266 e. The zero-order valence-corrected chi connectivity index (χ0v) is 10.0. The molecule has 12 heavy (non-hydrogen) atoms. The molecule has 0 radical (unpaired) electrons. The van der Waals surface area contributed by atoms with E-state index in [2.05, 4.69) is 45.3 Å².